The molecule has 0 aliphatic heterocycles. The van der Waals surface area contributed by atoms with Crippen molar-refractivity contribution in [3.63, 3.8) is 0 Å². The van der Waals surface area contributed by atoms with Crippen molar-refractivity contribution in [3.05, 3.63) is 64.7 Å². The van der Waals surface area contributed by atoms with Crippen LogP contribution in [0, 0.1) is 0 Å². The lowest BCUT2D eigenvalue weighted by atomic mass is 10.1. The average molecular weight is 411 g/mol. The van der Waals surface area contributed by atoms with Gasteiger partial charge in [-0.2, -0.15) is 4.31 Å². The van der Waals surface area contributed by atoms with Gasteiger partial charge in [0.05, 0.1) is 26.0 Å². The SMILES string of the molecule is COc1ccc([C@H](C)NC(=O)CN(Cc2ccc(Cl)cc2)S(C)(=O)=O)cc1. The third kappa shape index (κ3) is 6.53. The largest absolute Gasteiger partial charge is 0.497 e. The van der Waals surface area contributed by atoms with Crippen LogP contribution in [0.25, 0.3) is 0 Å². The molecule has 0 spiro atoms. The lowest BCUT2D eigenvalue weighted by Crippen LogP contribution is -2.40. The fraction of sp³-hybridized carbons (Fsp3) is 0.316. The summed E-state index contributed by atoms with van der Waals surface area (Å²) in [6.45, 7) is 1.67. The number of hydrogen-bond acceptors (Lipinski definition) is 4. The van der Waals surface area contributed by atoms with E-state index in [0.717, 1.165) is 27.4 Å². The Bertz CT molecular complexity index is 868. The summed E-state index contributed by atoms with van der Waals surface area (Å²) in [5.74, 6) is 0.348. The molecule has 0 fully saturated rings. The maximum Gasteiger partial charge on any atom is 0.235 e. The van der Waals surface area contributed by atoms with Crippen LogP contribution in [0.2, 0.25) is 5.02 Å². The molecule has 2 aromatic rings. The predicted molar refractivity (Wildman–Crippen MR) is 106 cm³/mol. The Morgan fingerprint density at radius 1 is 1.15 bits per heavy atom. The summed E-state index contributed by atoms with van der Waals surface area (Å²) in [5, 5.41) is 3.39. The summed E-state index contributed by atoms with van der Waals surface area (Å²) in [6.07, 6.45) is 1.09. The number of nitrogens with zero attached hydrogens (tertiary/aromatic N) is 1. The van der Waals surface area contributed by atoms with Gasteiger partial charge in [-0.05, 0) is 42.3 Å². The van der Waals surface area contributed by atoms with Crippen molar-refractivity contribution in [1.29, 1.82) is 0 Å². The zero-order chi connectivity index (χ0) is 20.0. The second-order valence-electron chi connectivity index (χ2n) is 6.22. The first kappa shape index (κ1) is 21.2. The molecule has 2 rings (SSSR count). The summed E-state index contributed by atoms with van der Waals surface area (Å²) in [6, 6.07) is 13.9. The van der Waals surface area contributed by atoms with Crippen LogP contribution in [0.1, 0.15) is 24.1 Å². The molecule has 1 atom stereocenters. The van der Waals surface area contributed by atoms with E-state index in [4.69, 9.17) is 16.3 Å². The highest BCUT2D eigenvalue weighted by atomic mass is 35.5. The van der Waals surface area contributed by atoms with Crippen molar-refractivity contribution in [2.24, 2.45) is 0 Å². The number of methoxy groups -OCH3 is 1. The highest BCUT2D eigenvalue weighted by Crippen LogP contribution is 2.17. The summed E-state index contributed by atoms with van der Waals surface area (Å²) in [4.78, 5) is 12.4. The summed E-state index contributed by atoms with van der Waals surface area (Å²) < 4.78 is 30.4. The molecule has 0 bridgehead atoms. The Hall–Kier alpha value is -2.09. The van der Waals surface area contributed by atoms with E-state index >= 15 is 0 Å². The van der Waals surface area contributed by atoms with Crippen LogP contribution >= 0.6 is 11.6 Å². The number of carbonyl (C=O) groups excluding carboxylic acids is 1. The fourth-order valence-corrected chi connectivity index (χ4v) is 3.37. The monoisotopic (exact) mass is 410 g/mol. The molecule has 0 saturated heterocycles. The van der Waals surface area contributed by atoms with E-state index in [-0.39, 0.29) is 25.0 Å². The van der Waals surface area contributed by atoms with E-state index in [9.17, 15) is 13.2 Å². The molecular formula is C19H23ClN2O4S. The molecule has 0 saturated carbocycles. The molecule has 27 heavy (non-hydrogen) atoms. The number of rotatable bonds is 8. The van der Waals surface area contributed by atoms with Crippen LogP contribution in [-0.2, 0) is 21.4 Å². The molecule has 0 aliphatic carbocycles. The van der Waals surface area contributed by atoms with E-state index in [1.807, 2.05) is 19.1 Å². The van der Waals surface area contributed by atoms with Crippen LogP contribution in [-0.4, -0.2) is 38.5 Å². The molecule has 1 N–H and O–H groups in total. The van der Waals surface area contributed by atoms with Gasteiger partial charge in [0, 0.05) is 11.6 Å². The molecule has 146 valence electrons. The molecule has 0 aromatic heterocycles. The lowest BCUT2D eigenvalue weighted by Gasteiger charge is -2.21. The Morgan fingerprint density at radius 3 is 2.26 bits per heavy atom. The van der Waals surface area contributed by atoms with Crippen molar-refractivity contribution in [2.45, 2.75) is 19.5 Å². The first-order chi connectivity index (χ1) is 12.7. The van der Waals surface area contributed by atoms with Gasteiger partial charge in [0.2, 0.25) is 15.9 Å². The Morgan fingerprint density at radius 2 is 1.74 bits per heavy atom. The van der Waals surface area contributed by atoms with Gasteiger partial charge in [-0.25, -0.2) is 8.42 Å². The Balaban J connectivity index is 2.03. The number of nitrogens with one attached hydrogen (secondary N) is 1. The Kier molecular flexibility index (Phi) is 7.24. The molecule has 0 aliphatic rings. The molecule has 8 heteroatoms. The van der Waals surface area contributed by atoms with Crippen molar-refractivity contribution in [3.8, 4) is 5.75 Å². The summed E-state index contributed by atoms with van der Waals surface area (Å²) in [5.41, 5.74) is 1.65. The molecule has 0 radical (unpaired) electrons. The van der Waals surface area contributed by atoms with Gasteiger partial charge < -0.3 is 10.1 Å². The van der Waals surface area contributed by atoms with E-state index in [0.29, 0.717) is 5.02 Å². The van der Waals surface area contributed by atoms with Gasteiger partial charge in [-0.15, -0.1) is 0 Å². The maximum absolute atomic E-state index is 12.4. The van der Waals surface area contributed by atoms with E-state index < -0.39 is 10.0 Å². The van der Waals surface area contributed by atoms with E-state index in [1.165, 1.54) is 0 Å². The average Bonchev–Trinajstić information content (AvgIpc) is 2.62. The molecule has 6 nitrogen and oxygen atoms in total. The van der Waals surface area contributed by atoms with Gasteiger partial charge in [0.1, 0.15) is 5.75 Å². The number of hydrogen-bond donors (Lipinski definition) is 1. The minimum atomic E-state index is -3.55. The molecule has 1 amide bonds. The normalized spacial score (nSPS) is 12.6. The quantitative estimate of drug-likeness (QED) is 0.725. The second-order valence-corrected chi connectivity index (χ2v) is 8.64. The molecule has 0 unspecified atom stereocenters. The predicted octanol–water partition coefficient (Wildman–Crippen LogP) is 2.99. The summed E-state index contributed by atoms with van der Waals surface area (Å²) in [7, 11) is -1.97. The van der Waals surface area contributed by atoms with Crippen LogP contribution in [0.15, 0.2) is 48.5 Å². The van der Waals surface area contributed by atoms with Crippen molar-refractivity contribution in [2.75, 3.05) is 19.9 Å². The number of carbonyl (C=O) groups is 1. The highest BCUT2D eigenvalue weighted by Gasteiger charge is 2.21. The van der Waals surface area contributed by atoms with Gasteiger partial charge in [-0.1, -0.05) is 35.9 Å². The maximum atomic E-state index is 12.4. The summed E-state index contributed by atoms with van der Waals surface area (Å²) >= 11 is 5.85. The number of benzene rings is 2. The number of ether oxygens (including phenoxy) is 1. The minimum Gasteiger partial charge on any atom is -0.497 e. The fourth-order valence-electron chi connectivity index (χ4n) is 2.51. The van der Waals surface area contributed by atoms with E-state index in [1.54, 1.807) is 43.5 Å². The smallest absolute Gasteiger partial charge is 0.235 e. The molecule has 2 aromatic carbocycles. The van der Waals surface area contributed by atoms with Crippen molar-refractivity contribution >= 4 is 27.5 Å². The molecule has 0 heterocycles. The van der Waals surface area contributed by atoms with Crippen LogP contribution in [0.4, 0.5) is 0 Å². The standard InChI is InChI=1S/C19H23ClN2O4S/c1-14(16-6-10-18(26-2)11-7-16)21-19(23)13-22(27(3,24)25)12-15-4-8-17(20)9-5-15/h4-11,14H,12-13H2,1-3H3,(H,21,23)/t14-/m0/s1. The minimum absolute atomic E-state index is 0.0976. The topological polar surface area (TPSA) is 75.7 Å². The van der Waals surface area contributed by atoms with E-state index in [2.05, 4.69) is 5.32 Å². The Labute approximate surface area is 165 Å². The van der Waals surface area contributed by atoms with Crippen molar-refractivity contribution in [1.82, 2.24) is 9.62 Å². The van der Waals surface area contributed by atoms with Crippen LogP contribution in [0.5, 0.6) is 5.75 Å². The van der Waals surface area contributed by atoms with Gasteiger partial charge >= 0.3 is 0 Å². The van der Waals surface area contributed by atoms with Crippen LogP contribution < -0.4 is 10.1 Å². The first-order valence-electron chi connectivity index (χ1n) is 8.32. The molecular weight excluding hydrogens is 388 g/mol. The number of sulfonamides is 1. The zero-order valence-electron chi connectivity index (χ0n) is 15.5. The third-order valence-corrected chi connectivity index (χ3v) is 5.50. The van der Waals surface area contributed by atoms with Gasteiger partial charge in [-0.3, -0.25) is 4.79 Å². The zero-order valence-corrected chi connectivity index (χ0v) is 17.0. The third-order valence-electron chi connectivity index (χ3n) is 4.05. The van der Waals surface area contributed by atoms with Crippen molar-refractivity contribution < 1.29 is 17.9 Å². The highest BCUT2D eigenvalue weighted by molar-refractivity contribution is 7.88. The number of halogens is 1. The van der Waals surface area contributed by atoms with Gasteiger partial charge in [0.25, 0.3) is 0 Å². The first-order valence-corrected chi connectivity index (χ1v) is 10.5. The van der Waals surface area contributed by atoms with Crippen LogP contribution in [0.3, 0.4) is 0 Å². The van der Waals surface area contributed by atoms with Gasteiger partial charge in [0.15, 0.2) is 0 Å². The number of amides is 1. The lowest BCUT2D eigenvalue weighted by molar-refractivity contribution is -0.122. The second kappa shape index (κ2) is 9.21.